The topological polar surface area (TPSA) is 88.2 Å². The minimum absolute atomic E-state index is 0.00324. The standard InChI is InChI=1S/C17H22ClN3O3S2/c1-10(2)17-20-12(9-25-17)8-19-16(22)14-7-13(5-6-15(14)18)26(23,24)21-11(3)4/h5-7,9-11,21H,8H2,1-4H3,(H,19,22). The molecule has 0 aliphatic carbocycles. The summed E-state index contributed by atoms with van der Waals surface area (Å²) in [6.45, 7) is 7.80. The van der Waals surface area contributed by atoms with Crippen LogP contribution < -0.4 is 10.0 Å². The Morgan fingerprint density at radius 2 is 1.96 bits per heavy atom. The van der Waals surface area contributed by atoms with Gasteiger partial charge in [-0.15, -0.1) is 11.3 Å². The lowest BCUT2D eigenvalue weighted by Crippen LogP contribution is -2.30. The molecule has 142 valence electrons. The van der Waals surface area contributed by atoms with Crippen molar-refractivity contribution in [3.63, 3.8) is 0 Å². The van der Waals surface area contributed by atoms with Crippen molar-refractivity contribution in [2.45, 2.75) is 51.1 Å². The van der Waals surface area contributed by atoms with Crippen LogP contribution in [0.4, 0.5) is 0 Å². The number of aromatic nitrogens is 1. The third kappa shape index (κ3) is 5.26. The second-order valence-corrected chi connectivity index (χ2v) is 9.44. The fourth-order valence-corrected chi connectivity index (χ4v) is 4.47. The van der Waals surface area contributed by atoms with Crippen LogP contribution in [0.15, 0.2) is 28.5 Å². The minimum atomic E-state index is -3.70. The highest BCUT2D eigenvalue weighted by Crippen LogP contribution is 2.22. The quantitative estimate of drug-likeness (QED) is 0.723. The van der Waals surface area contributed by atoms with Gasteiger partial charge in [0.1, 0.15) is 0 Å². The van der Waals surface area contributed by atoms with Crippen molar-refractivity contribution in [2.24, 2.45) is 0 Å². The van der Waals surface area contributed by atoms with Crippen LogP contribution in [0.1, 0.15) is 54.7 Å². The second-order valence-electron chi connectivity index (χ2n) is 6.43. The molecule has 26 heavy (non-hydrogen) atoms. The Hall–Kier alpha value is -1.48. The van der Waals surface area contributed by atoms with Crippen LogP contribution in [0.2, 0.25) is 5.02 Å². The van der Waals surface area contributed by atoms with Crippen LogP contribution in [0.3, 0.4) is 0 Å². The first-order valence-electron chi connectivity index (χ1n) is 8.14. The molecule has 0 aliphatic heterocycles. The van der Waals surface area contributed by atoms with Gasteiger partial charge in [-0.2, -0.15) is 0 Å². The second kappa shape index (κ2) is 8.47. The number of nitrogens with one attached hydrogen (secondary N) is 2. The van der Waals surface area contributed by atoms with Crippen LogP contribution in [-0.4, -0.2) is 25.4 Å². The Kier molecular flexibility index (Phi) is 6.79. The highest BCUT2D eigenvalue weighted by molar-refractivity contribution is 7.89. The number of thiazole rings is 1. The van der Waals surface area contributed by atoms with E-state index in [2.05, 4.69) is 28.9 Å². The van der Waals surface area contributed by atoms with Crippen LogP contribution in [0.25, 0.3) is 0 Å². The van der Waals surface area contributed by atoms with Crippen LogP contribution in [0, 0.1) is 0 Å². The average molecular weight is 416 g/mol. The van der Waals surface area contributed by atoms with Crippen LogP contribution in [0.5, 0.6) is 0 Å². The molecular weight excluding hydrogens is 394 g/mol. The molecule has 0 atom stereocenters. The lowest BCUT2D eigenvalue weighted by Gasteiger charge is -2.11. The molecule has 0 fully saturated rings. The SMILES string of the molecule is CC(C)NS(=O)(=O)c1ccc(Cl)c(C(=O)NCc2csc(C(C)C)n2)c1. The number of carbonyl (C=O) groups excluding carboxylic acids is 1. The molecule has 2 N–H and O–H groups in total. The summed E-state index contributed by atoms with van der Waals surface area (Å²) in [4.78, 5) is 16.9. The highest BCUT2D eigenvalue weighted by Gasteiger charge is 2.19. The molecule has 0 saturated carbocycles. The van der Waals surface area contributed by atoms with Gasteiger partial charge in [0.05, 0.1) is 32.7 Å². The number of sulfonamides is 1. The summed E-state index contributed by atoms with van der Waals surface area (Å²) in [7, 11) is -3.70. The first-order valence-corrected chi connectivity index (χ1v) is 10.9. The number of amides is 1. The zero-order valence-electron chi connectivity index (χ0n) is 15.0. The maximum atomic E-state index is 12.4. The number of carbonyl (C=O) groups is 1. The van der Waals surface area contributed by atoms with Crippen LogP contribution in [-0.2, 0) is 16.6 Å². The predicted molar refractivity (Wildman–Crippen MR) is 104 cm³/mol. The summed E-state index contributed by atoms with van der Waals surface area (Å²) in [6, 6.07) is 3.81. The minimum Gasteiger partial charge on any atom is -0.346 e. The van der Waals surface area contributed by atoms with Gasteiger partial charge in [-0.1, -0.05) is 25.4 Å². The number of rotatable bonds is 7. The maximum absolute atomic E-state index is 12.4. The number of nitrogens with zero attached hydrogens (tertiary/aromatic N) is 1. The molecule has 6 nitrogen and oxygen atoms in total. The molecule has 2 aromatic rings. The van der Waals surface area contributed by atoms with E-state index in [0.717, 1.165) is 10.7 Å². The lowest BCUT2D eigenvalue weighted by molar-refractivity contribution is 0.0950. The van der Waals surface area contributed by atoms with Gasteiger partial charge in [0.2, 0.25) is 10.0 Å². The summed E-state index contributed by atoms with van der Waals surface area (Å²) < 4.78 is 27.0. The van der Waals surface area contributed by atoms with Gasteiger partial charge in [0.15, 0.2) is 0 Å². The van der Waals surface area contributed by atoms with Crippen molar-refractivity contribution in [3.05, 3.63) is 44.9 Å². The fraction of sp³-hybridized carbons (Fsp3) is 0.412. The third-order valence-electron chi connectivity index (χ3n) is 3.38. The Morgan fingerprint density at radius 3 is 2.54 bits per heavy atom. The summed E-state index contributed by atoms with van der Waals surface area (Å²) in [5.74, 6) is -0.120. The molecule has 0 aliphatic rings. The maximum Gasteiger partial charge on any atom is 0.253 e. The summed E-state index contributed by atoms with van der Waals surface area (Å²) in [5, 5.41) is 5.81. The van der Waals surface area contributed by atoms with E-state index >= 15 is 0 Å². The largest absolute Gasteiger partial charge is 0.346 e. The molecule has 1 aromatic heterocycles. The molecule has 0 unspecified atom stereocenters. The van der Waals surface area contributed by atoms with E-state index in [4.69, 9.17) is 11.6 Å². The van der Waals surface area contributed by atoms with Crippen molar-refractivity contribution in [2.75, 3.05) is 0 Å². The molecule has 1 aromatic carbocycles. The Balaban J connectivity index is 2.16. The van der Waals surface area contributed by atoms with E-state index in [1.165, 1.54) is 18.2 Å². The Labute approximate surface area is 163 Å². The van der Waals surface area contributed by atoms with Gasteiger partial charge in [-0.25, -0.2) is 18.1 Å². The van der Waals surface area contributed by atoms with Crippen molar-refractivity contribution < 1.29 is 13.2 Å². The summed E-state index contributed by atoms with van der Waals surface area (Å²) in [5.41, 5.74) is 0.867. The van der Waals surface area contributed by atoms with E-state index in [9.17, 15) is 13.2 Å². The zero-order chi connectivity index (χ0) is 19.5. The Bertz CT molecular complexity index is 892. The summed E-state index contributed by atoms with van der Waals surface area (Å²) in [6.07, 6.45) is 0. The molecule has 1 amide bonds. The van der Waals surface area contributed by atoms with Crippen molar-refractivity contribution in [3.8, 4) is 0 Å². The number of benzene rings is 1. The molecular formula is C17H22ClN3O3S2. The van der Waals surface area contributed by atoms with Crippen molar-refractivity contribution in [1.82, 2.24) is 15.0 Å². The first kappa shape index (κ1) is 20.8. The number of halogens is 1. The van der Waals surface area contributed by atoms with Crippen LogP contribution >= 0.6 is 22.9 Å². The van der Waals surface area contributed by atoms with Crippen molar-refractivity contribution in [1.29, 1.82) is 0 Å². The van der Waals surface area contributed by atoms with Gasteiger partial charge in [0.25, 0.3) is 5.91 Å². The lowest BCUT2D eigenvalue weighted by atomic mass is 10.2. The van der Waals surface area contributed by atoms with Gasteiger partial charge >= 0.3 is 0 Å². The predicted octanol–water partition coefficient (Wildman–Crippen LogP) is 3.54. The van der Waals surface area contributed by atoms with E-state index in [-0.39, 0.29) is 28.1 Å². The molecule has 0 radical (unpaired) electrons. The smallest absolute Gasteiger partial charge is 0.253 e. The molecule has 1 heterocycles. The third-order valence-corrected chi connectivity index (χ3v) is 6.56. The monoisotopic (exact) mass is 415 g/mol. The normalized spacial score (nSPS) is 12.0. The molecule has 0 spiro atoms. The van der Waals surface area contributed by atoms with E-state index in [0.29, 0.717) is 5.92 Å². The van der Waals surface area contributed by atoms with E-state index in [1.807, 2.05) is 5.38 Å². The Morgan fingerprint density at radius 1 is 1.27 bits per heavy atom. The molecule has 0 saturated heterocycles. The fourth-order valence-electron chi connectivity index (χ4n) is 2.16. The molecule has 2 rings (SSSR count). The zero-order valence-corrected chi connectivity index (χ0v) is 17.4. The summed E-state index contributed by atoms with van der Waals surface area (Å²) >= 11 is 7.63. The number of hydrogen-bond acceptors (Lipinski definition) is 5. The van der Waals surface area contributed by atoms with E-state index < -0.39 is 15.9 Å². The van der Waals surface area contributed by atoms with Gasteiger partial charge in [-0.05, 0) is 32.0 Å². The van der Waals surface area contributed by atoms with Gasteiger partial charge in [0, 0.05) is 17.3 Å². The first-order chi connectivity index (χ1) is 12.1. The molecule has 0 bridgehead atoms. The van der Waals surface area contributed by atoms with Gasteiger partial charge in [-0.3, -0.25) is 4.79 Å². The van der Waals surface area contributed by atoms with Gasteiger partial charge < -0.3 is 5.32 Å². The highest BCUT2D eigenvalue weighted by atomic mass is 35.5. The molecule has 9 heteroatoms. The number of hydrogen-bond donors (Lipinski definition) is 2. The van der Waals surface area contributed by atoms with Crippen molar-refractivity contribution >= 4 is 38.9 Å². The average Bonchev–Trinajstić information content (AvgIpc) is 3.01. The van der Waals surface area contributed by atoms with E-state index in [1.54, 1.807) is 25.2 Å².